The Labute approximate surface area is 184 Å². The van der Waals surface area contributed by atoms with Crippen LogP contribution >= 0.6 is 0 Å². The smallest absolute Gasteiger partial charge is 0.240 e. The van der Waals surface area contributed by atoms with E-state index >= 15 is 0 Å². The first-order valence-corrected chi connectivity index (χ1v) is 12.3. The molecular weight excluding hydrogens is 410 g/mol. The maximum atomic E-state index is 12.5. The van der Waals surface area contributed by atoms with Crippen molar-refractivity contribution in [3.63, 3.8) is 0 Å². The van der Waals surface area contributed by atoms with E-state index in [2.05, 4.69) is 36.1 Å². The van der Waals surface area contributed by atoms with Crippen molar-refractivity contribution in [3.8, 4) is 0 Å². The van der Waals surface area contributed by atoms with Crippen LogP contribution in [0.2, 0.25) is 0 Å². The van der Waals surface area contributed by atoms with Gasteiger partial charge in [0, 0.05) is 31.7 Å². The average molecular weight is 442 g/mol. The van der Waals surface area contributed by atoms with Crippen molar-refractivity contribution in [2.75, 3.05) is 13.2 Å². The van der Waals surface area contributed by atoms with Crippen LogP contribution in [0.3, 0.4) is 0 Å². The molecule has 31 heavy (non-hydrogen) atoms. The molecule has 1 aliphatic heterocycles. The Morgan fingerprint density at radius 2 is 1.81 bits per heavy atom. The van der Waals surface area contributed by atoms with Gasteiger partial charge in [-0.15, -0.1) is 0 Å². The van der Waals surface area contributed by atoms with Gasteiger partial charge in [0.2, 0.25) is 10.0 Å². The Morgan fingerprint density at radius 1 is 1.10 bits per heavy atom. The number of nitrogens with one attached hydrogen (secondary N) is 1. The Balaban J connectivity index is 1.60. The molecule has 0 spiro atoms. The van der Waals surface area contributed by atoms with Crippen molar-refractivity contribution < 1.29 is 13.2 Å². The molecule has 3 aromatic rings. The standard InChI is InChI=1S/C24H31N3O3S/c1-24(2,3)23-26-21-15-19(16-25-31(28,29)20-7-5-4-6-8-20)9-10-22(21)27(23)17-18-11-13-30-14-12-18/h4-10,15,18,25H,11-14,16-17H2,1-3H3. The second-order valence-corrected chi connectivity index (χ2v) is 11.1. The molecule has 4 rings (SSSR count). The molecule has 1 fully saturated rings. The highest BCUT2D eigenvalue weighted by Gasteiger charge is 2.25. The van der Waals surface area contributed by atoms with Gasteiger partial charge in [-0.1, -0.05) is 45.0 Å². The van der Waals surface area contributed by atoms with Gasteiger partial charge in [0.15, 0.2) is 0 Å². The summed E-state index contributed by atoms with van der Waals surface area (Å²) in [6.07, 6.45) is 2.14. The van der Waals surface area contributed by atoms with Crippen molar-refractivity contribution in [1.29, 1.82) is 0 Å². The number of ether oxygens (including phenoxy) is 1. The fraction of sp³-hybridized carbons (Fsp3) is 0.458. The summed E-state index contributed by atoms with van der Waals surface area (Å²) in [5.74, 6) is 1.65. The summed E-state index contributed by atoms with van der Waals surface area (Å²) in [4.78, 5) is 5.24. The molecule has 0 amide bonds. The van der Waals surface area contributed by atoms with E-state index in [4.69, 9.17) is 9.72 Å². The number of benzene rings is 2. The lowest BCUT2D eigenvalue weighted by Gasteiger charge is -2.26. The molecule has 7 heteroatoms. The van der Waals surface area contributed by atoms with E-state index < -0.39 is 10.0 Å². The van der Waals surface area contributed by atoms with Gasteiger partial charge >= 0.3 is 0 Å². The van der Waals surface area contributed by atoms with Gasteiger partial charge in [-0.25, -0.2) is 18.1 Å². The Kier molecular flexibility index (Phi) is 6.19. The topological polar surface area (TPSA) is 73.2 Å². The summed E-state index contributed by atoms with van der Waals surface area (Å²) in [6, 6.07) is 14.5. The maximum absolute atomic E-state index is 12.5. The minimum absolute atomic E-state index is 0.0841. The number of fused-ring (bicyclic) bond motifs is 1. The van der Waals surface area contributed by atoms with Crippen LogP contribution in [0.4, 0.5) is 0 Å². The summed E-state index contributed by atoms with van der Waals surface area (Å²) < 4.78 is 35.7. The zero-order valence-corrected chi connectivity index (χ0v) is 19.3. The van der Waals surface area contributed by atoms with Crippen molar-refractivity contribution in [3.05, 3.63) is 59.9 Å². The molecule has 1 N–H and O–H groups in total. The normalized spacial score (nSPS) is 16.1. The molecule has 0 radical (unpaired) electrons. The number of aromatic nitrogens is 2. The minimum atomic E-state index is -3.54. The van der Waals surface area contributed by atoms with Gasteiger partial charge in [-0.2, -0.15) is 0 Å². The van der Waals surface area contributed by atoms with Crippen molar-refractivity contribution in [2.24, 2.45) is 5.92 Å². The van der Waals surface area contributed by atoms with Crippen molar-refractivity contribution in [2.45, 2.75) is 57.0 Å². The van der Waals surface area contributed by atoms with E-state index in [9.17, 15) is 8.42 Å². The molecule has 1 aliphatic rings. The third-order valence-electron chi connectivity index (χ3n) is 5.78. The summed E-state index contributed by atoms with van der Waals surface area (Å²) >= 11 is 0. The predicted molar refractivity (Wildman–Crippen MR) is 122 cm³/mol. The van der Waals surface area contributed by atoms with E-state index in [1.807, 2.05) is 12.1 Å². The van der Waals surface area contributed by atoms with Gasteiger partial charge in [0.25, 0.3) is 0 Å². The number of sulfonamides is 1. The Bertz CT molecular complexity index is 1140. The highest BCUT2D eigenvalue weighted by Crippen LogP contribution is 2.29. The van der Waals surface area contributed by atoms with Gasteiger partial charge in [-0.05, 0) is 48.6 Å². The molecule has 0 atom stereocenters. The lowest BCUT2D eigenvalue weighted by Crippen LogP contribution is -2.25. The molecule has 1 aromatic heterocycles. The second kappa shape index (κ2) is 8.73. The van der Waals surface area contributed by atoms with Gasteiger partial charge in [0.05, 0.1) is 15.9 Å². The number of rotatable bonds is 6. The highest BCUT2D eigenvalue weighted by atomic mass is 32.2. The van der Waals surface area contributed by atoms with Crippen molar-refractivity contribution >= 4 is 21.1 Å². The molecule has 6 nitrogen and oxygen atoms in total. The predicted octanol–water partition coefficient (Wildman–Crippen LogP) is 4.24. The first-order valence-electron chi connectivity index (χ1n) is 10.9. The number of hydrogen-bond acceptors (Lipinski definition) is 4. The van der Waals surface area contributed by atoms with Gasteiger partial charge in [0.1, 0.15) is 5.82 Å². The lowest BCUT2D eigenvalue weighted by molar-refractivity contribution is 0.0611. The second-order valence-electron chi connectivity index (χ2n) is 9.31. The Hall–Kier alpha value is -2.22. The van der Waals surface area contributed by atoms with Gasteiger partial charge in [-0.3, -0.25) is 0 Å². The first-order chi connectivity index (χ1) is 14.7. The average Bonchev–Trinajstić information content (AvgIpc) is 3.12. The summed E-state index contributed by atoms with van der Waals surface area (Å²) in [6.45, 7) is 9.37. The summed E-state index contributed by atoms with van der Waals surface area (Å²) in [5.41, 5.74) is 2.82. The van der Waals surface area contributed by atoms with E-state index in [-0.39, 0.29) is 16.9 Å². The maximum Gasteiger partial charge on any atom is 0.240 e. The van der Waals surface area contributed by atoms with E-state index in [0.717, 1.165) is 55.0 Å². The number of nitrogens with zero attached hydrogens (tertiary/aromatic N) is 2. The monoisotopic (exact) mass is 441 g/mol. The zero-order chi connectivity index (χ0) is 22.1. The molecular formula is C24H31N3O3S. The molecule has 0 bridgehead atoms. The van der Waals surface area contributed by atoms with Crippen molar-refractivity contribution in [1.82, 2.24) is 14.3 Å². The lowest BCUT2D eigenvalue weighted by atomic mass is 9.94. The molecule has 0 saturated carbocycles. The minimum Gasteiger partial charge on any atom is -0.381 e. The van der Waals surface area contributed by atoms with Crippen LogP contribution in [0.1, 0.15) is 45.0 Å². The van der Waals surface area contributed by atoms with Crippen LogP contribution in [-0.4, -0.2) is 31.2 Å². The molecule has 2 aromatic carbocycles. The largest absolute Gasteiger partial charge is 0.381 e. The Morgan fingerprint density at radius 3 is 2.48 bits per heavy atom. The first kappa shape index (κ1) is 22.0. The molecule has 0 aliphatic carbocycles. The fourth-order valence-electron chi connectivity index (χ4n) is 4.09. The van der Waals surface area contributed by atoms with Crippen LogP contribution in [0.15, 0.2) is 53.4 Å². The van der Waals surface area contributed by atoms with E-state index in [0.29, 0.717) is 5.92 Å². The van der Waals surface area contributed by atoms with Gasteiger partial charge < -0.3 is 9.30 Å². The number of imidazole rings is 1. The van der Waals surface area contributed by atoms with E-state index in [1.165, 1.54) is 0 Å². The van der Waals surface area contributed by atoms with Crippen LogP contribution in [0, 0.1) is 5.92 Å². The molecule has 1 saturated heterocycles. The fourth-order valence-corrected chi connectivity index (χ4v) is 5.13. The van der Waals surface area contributed by atoms with E-state index in [1.54, 1.807) is 30.3 Å². The highest BCUT2D eigenvalue weighted by molar-refractivity contribution is 7.89. The van der Waals surface area contributed by atoms with Crippen LogP contribution < -0.4 is 4.72 Å². The zero-order valence-electron chi connectivity index (χ0n) is 18.5. The molecule has 166 valence electrons. The third-order valence-corrected chi connectivity index (χ3v) is 7.20. The summed E-state index contributed by atoms with van der Waals surface area (Å²) in [5, 5.41) is 0. The van der Waals surface area contributed by atoms with Crippen LogP contribution in [0.5, 0.6) is 0 Å². The molecule has 0 unspecified atom stereocenters. The van der Waals surface area contributed by atoms with Crippen LogP contribution in [0.25, 0.3) is 11.0 Å². The third kappa shape index (κ3) is 5.00. The summed E-state index contributed by atoms with van der Waals surface area (Å²) in [7, 11) is -3.54. The van der Waals surface area contributed by atoms with Crippen LogP contribution in [-0.2, 0) is 33.3 Å². The SMILES string of the molecule is CC(C)(C)c1nc2cc(CNS(=O)(=O)c3ccccc3)ccc2n1CC1CCOCC1. The quantitative estimate of drug-likeness (QED) is 0.621. The molecule has 2 heterocycles. The number of hydrogen-bond donors (Lipinski definition) is 1.